The third kappa shape index (κ3) is 5.03. The SMILES string of the molecule is O=S(=O)(Np1oc2ccc3ccccc3c2c2c(ccc3ccccc32)o1)c1cc(C(F)(F)F)cc(C(F)(F)F)c1. The Morgan fingerprint density at radius 1 is 0.610 bits per heavy atom. The van der Waals surface area contributed by atoms with Gasteiger partial charge in [0.15, 0.2) is 0 Å². The molecule has 0 aliphatic rings. The Bertz CT molecular complexity index is 2010. The summed E-state index contributed by atoms with van der Waals surface area (Å²) in [6.45, 7) is 0. The zero-order valence-electron chi connectivity index (χ0n) is 20.4. The summed E-state index contributed by atoms with van der Waals surface area (Å²) in [5.74, 6) is 0. The average Bonchev–Trinajstić information content (AvgIpc) is 3.08. The van der Waals surface area contributed by atoms with Gasteiger partial charge < -0.3 is 8.39 Å². The minimum atomic E-state index is -5.23. The molecule has 1 aromatic heterocycles. The van der Waals surface area contributed by atoms with Crippen LogP contribution in [0.3, 0.4) is 0 Å². The highest BCUT2D eigenvalue weighted by molar-refractivity contribution is 7.97. The van der Waals surface area contributed by atoms with Crippen LogP contribution in [0, 0.1) is 0 Å². The van der Waals surface area contributed by atoms with Crippen molar-refractivity contribution in [1.29, 1.82) is 0 Å². The summed E-state index contributed by atoms with van der Waals surface area (Å²) in [6.07, 6.45) is -10.5. The van der Waals surface area contributed by atoms with Crippen LogP contribution in [0.2, 0.25) is 0 Å². The molecule has 0 saturated heterocycles. The summed E-state index contributed by atoms with van der Waals surface area (Å²) < 4.78 is 121. The first kappa shape index (κ1) is 27.2. The second-order valence-electron chi connectivity index (χ2n) is 9.10. The Balaban J connectivity index is 1.62. The van der Waals surface area contributed by atoms with Gasteiger partial charge in [0, 0.05) is 10.8 Å². The Hall–Kier alpha value is -3.99. The number of halogens is 6. The van der Waals surface area contributed by atoms with Gasteiger partial charge >= 0.3 is 20.5 Å². The van der Waals surface area contributed by atoms with Crippen molar-refractivity contribution in [2.75, 3.05) is 4.49 Å². The number of sulfonamides is 1. The molecule has 0 bridgehead atoms. The Morgan fingerprint density at radius 2 is 1.05 bits per heavy atom. The predicted molar refractivity (Wildman–Crippen MR) is 144 cm³/mol. The van der Waals surface area contributed by atoms with Crippen molar-refractivity contribution in [3.63, 3.8) is 0 Å². The number of hydrogen-bond donors (Lipinski definition) is 1. The smallest absolute Gasteiger partial charge is 0.407 e. The number of nitrogens with one attached hydrogen (secondary N) is 1. The van der Waals surface area contributed by atoms with Gasteiger partial charge in [-0.05, 0) is 51.9 Å². The summed E-state index contributed by atoms with van der Waals surface area (Å²) in [7, 11) is -7.67. The van der Waals surface area contributed by atoms with Crippen molar-refractivity contribution in [2.45, 2.75) is 17.2 Å². The van der Waals surface area contributed by atoms with Crippen molar-refractivity contribution in [2.24, 2.45) is 0 Å². The van der Waals surface area contributed by atoms with Crippen LogP contribution in [0.15, 0.2) is 104 Å². The van der Waals surface area contributed by atoms with Crippen molar-refractivity contribution in [3.05, 3.63) is 102 Å². The molecule has 0 spiro atoms. The monoisotopic (exact) mass is 607 g/mol. The third-order valence-electron chi connectivity index (χ3n) is 6.46. The van der Waals surface area contributed by atoms with Gasteiger partial charge in [0.05, 0.1) is 16.0 Å². The molecule has 6 rings (SSSR count). The summed E-state index contributed by atoms with van der Waals surface area (Å²) in [4.78, 5) is -1.24. The molecule has 0 aliphatic heterocycles. The van der Waals surface area contributed by atoms with Gasteiger partial charge in [0.2, 0.25) is 0 Å². The molecule has 0 radical (unpaired) electrons. The summed E-state index contributed by atoms with van der Waals surface area (Å²) >= 11 is 0. The highest BCUT2D eigenvalue weighted by Crippen LogP contribution is 2.42. The third-order valence-corrected chi connectivity index (χ3v) is 9.60. The highest BCUT2D eigenvalue weighted by atomic mass is 32.2. The lowest BCUT2D eigenvalue weighted by Gasteiger charge is -2.14. The fourth-order valence-electron chi connectivity index (χ4n) is 4.64. The second-order valence-corrected chi connectivity index (χ2v) is 12.2. The molecule has 1 heterocycles. The first-order valence-electron chi connectivity index (χ1n) is 11.8. The maximum atomic E-state index is 13.4. The molecule has 0 aliphatic carbocycles. The Labute approximate surface area is 228 Å². The van der Waals surface area contributed by atoms with Gasteiger partial charge in [-0.15, -0.1) is 4.49 Å². The number of hydrogen-bond acceptors (Lipinski definition) is 4. The van der Waals surface area contributed by atoms with Crippen LogP contribution in [0.4, 0.5) is 26.3 Å². The Kier molecular flexibility index (Phi) is 6.33. The molecule has 5 aromatic carbocycles. The lowest BCUT2D eigenvalue weighted by Crippen LogP contribution is -2.16. The number of fused-ring (bicyclic) bond motifs is 7. The average molecular weight is 607 g/mol. The van der Waals surface area contributed by atoms with Crippen LogP contribution in [0.1, 0.15) is 11.1 Å². The van der Waals surface area contributed by atoms with Crippen LogP contribution >= 0.6 is 8.16 Å². The zero-order chi connectivity index (χ0) is 29.2. The van der Waals surface area contributed by atoms with E-state index in [9.17, 15) is 34.8 Å². The summed E-state index contributed by atoms with van der Waals surface area (Å²) in [6, 6.07) is 21.6. The maximum Gasteiger partial charge on any atom is 0.416 e. The van der Waals surface area contributed by atoms with Crippen LogP contribution in [-0.2, 0) is 22.4 Å². The van der Waals surface area contributed by atoms with Crippen LogP contribution in [-0.4, -0.2) is 8.42 Å². The van der Waals surface area contributed by atoms with E-state index >= 15 is 0 Å². The van der Waals surface area contributed by atoms with Gasteiger partial charge in [0.25, 0.3) is 10.0 Å². The molecule has 5 nitrogen and oxygen atoms in total. The molecule has 0 fully saturated rings. The standard InChI is InChI=1S/C28H16F6NO4PS/c29-27(30,31)18-13-19(28(32,33)34)15-20(14-18)41(36,37)35-40-38-23-11-9-16-5-1-3-7-21(16)25(23)26-22-8-4-2-6-17(22)10-12-24(26)39-40/h1-15,35H. The zero-order valence-corrected chi connectivity index (χ0v) is 22.1. The van der Waals surface area contributed by atoms with E-state index in [-0.39, 0.29) is 29.4 Å². The molecule has 13 heteroatoms. The van der Waals surface area contributed by atoms with Gasteiger partial charge in [-0.25, -0.2) is 8.42 Å². The summed E-state index contributed by atoms with van der Waals surface area (Å²) in [5, 5.41) is 4.42. The van der Waals surface area contributed by atoms with E-state index < -0.39 is 46.6 Å². The van der Waals surface area contributed by atoms with Crippen LogP contribution < -0.4 is 4.49 Å². The lowest BCUT2D eigenvalue weighted by molar-refractivity contribution is -0.143. The van der Waals surface area contributed by atoms with E-state index in [0.717, 1.165) is 21.5 Å². The maximum absolute atomic E-state index is 13.4. The molecule has 41 heavy (non-hydrogen) atoms. The van der Waals surface area contributed by atoms with Crippen molar-refractivity contribution in [3.8, 4) is 0 Å². The van der Waals surface area contributed by atoms with E-state index in [0.29, 0.717) is 10.8 Å². The van der Waals surface area contributed by atoms with Gasteiger partial charge in [-0.3, -0.25) is 0 Å². The fraction of sp³-hybridized carbons (Fsp3) is 0.0714. The van der Waals surface area contributed by atoms with Crippen LogP contribution in [0.5, 0.6) is 0 Å². The van der Waals surface area contributed by atoms with E-state index in [2.05, 4.69) is 0 Å². The highest BCUT2D eigenvalue weighted by Gasteiger charge is 2.38. The van der Waals surface area contributed by atoms with E-state index in [1.807, 2.05) is 53.0 Å². The first-order valence-corrected chi connectivity index (χ1v) is 14.5. The van der Waals surface area contributed by atoms with Gasteiger partial charge in [-0.1, -0.05) is 60.7 Å². The largest absolute Gasteiger partial charge is 0.416 e. The van der Waals surface area contributed by atoms with E-state index in [4.69, 9.17) is 8.39 Å². The lowest BCUT2D eigenvalue weighted by atomic mass is 9.99. The molecular formula is C28H16F6NO4PS. The minimum Gasteiger partial charge on any atom is -0.407 e. The quantitative estimate of drug-likeness (QED) is 0.204. The molecule has 210 valence electrons. The van der Waals surface area contributed by atoms with Crippen molar-refractivity contribution in [1.82, 2.24) is 0 Å². The fourth-order valence-corrected chi connectivity index (χ4v) is 7.41. The molecule has 0 unspecified atom stereocenters. The normalized spacial score (nSPS) is 12.9. The molecule has 0 atom stereocenters. The predicted octanol–water partition coefficient (Wildman–Crippen LogP) is 9.57. The van der Waals surface area contributed by atoms with E-state index in [1.165, 1.54) is 0 Å². The van der Waals surface area contributed by atoms with Crippen molar-refractivity contribution < 1.29 is 43.2 Å². The molecule has 0 amide bonds. The topological polar surface area (TPSA) is 72.5 Å². The molecule has 6 aromatic rings. The molecule has 1 N–H and O–H groups in total. The summed E-state index contributed by atoms with van der Waals surface area (Å²) in [5.41, 5.74) is -3.10. The van der Waals surface area contributed by atoms with Crippen LogP contribution in [0.25, 0.3) is 43.5 Å². The van der Waals surface area contributed by atoms with E-state index in [1.54, 1.807) is 24.3 Å². The first-order chi connectivity index (χ1) is 19.3. The van der Waals surface area contributed by atoms with Gasteiger partial charge in [0.1, 0.15) is 11.2 Å². The number of benzene rings is 5. The minimum absolute atomic E-state index is 0.133. The number of rotatable bonds is 3. The van der Waals surface area contributed by atoms with Gasteiger partial charge in [-0.2, -0.15) is 26.3 Å². The number of alkyl halides is 6. The Morgan fingerprint density at radius 3 is 1.49 bits per heavy atom. The molecule has 0 saturated carbocycles. The molecular weight excluding hydrogens is 591 g/mol. The van der Waals surface area contributed by atoms with Crippen molar-refractivity contribution >= 4 is 61.7 Å². The second kappa shape index (κ2) is 9.54.